The van der Waals surface area contributed by atoms with Crippen LogP contribution in [-0.2, 0) is 16.1 Å². The van der Waals surface area contributed by atoms with Gasteiger partial charge in [0.05, 0.1) is 11.8 Å². The van der Waals surface area contributed by atoms with E-state index in [9.17, 15) is 9.59 Å². The smallest absolute Gasteiger partial charge is 0.231 e. The van der Waals surface area contributed by atoms with E-state index in [0.29, 0.717) is 18.7 Å². The number of benzene rings is 1. The molecule has 0 bridgehead atoms. The Kier molecular flexibility index (Phi) is 4.92. The van der Waals surface area contributed by atoms with Crippen molar-refractivity contribution in [1.82, 2.24) is 10.2 Å². The first kappa shape index (κ1) is 16.6. The monoisotopic (exact) mass is 332 g/mol. The molecule has 24 heavy (non-hydrogen) atoms. The SMILES string of the molecule is CCCCN(C)C(=O)C1CC1C(=O)NCc1ccc2c(c1)OCO2. The number of amides is 2. The van der Waals surface area contributed by atoms with E-state index < -0.39 is 0 Å². The zero-order chi connectivity index (χ0) is 17.1. The van der Waals surface area contributed by atoms with Gasteiger partial charge in [0.2, 0.25) is 18.6 Å². The molecule has 0 spiro atoms. The van der Waals surface area contributed by atoms with Crippen LogP contribution in [0.2, 0.25) is 0 Å². The molecule has 1 fully saturated rings. The summed E-state index contributed by atoms with van der Waals surface area (Å²) < 4.78 is 10.6. The molecule has 2 atom stereocenters. The predicted octanol–water partition coefficient (Wildman–Crippen LogP) is 1.93. The number of carbonyl (C=O) groups excluding carboxylic acids is 2. The minimum Gasteiger partial charge on any atom is -0.454 e. The second-order valence-corrected chi connectivity index (χ2v) is 6.47. The number of hydrogen-bond donors (Lipinski definition) is 1. The quantitative estimate of drug-likeness (QED) is 0.828. The molecule has 2 aliphatic rings. The minimum absolute atomic E-state index is 0.0464. The largest absolute Gasteiger partial charge is 0.454 e. The second kappa shape index (κ2) is 7.11. The number of unbranched alkanes of at least 4 members (excludes halogenated alkanes) is 1. The van der Waals surface area contributed by atoms with Gasteiger partial charge in [0, 0.05) is 20.1 Å². The molecule has 3 rings (SSSR count). The van der Waals surface area contributed by atoms with Gasteiger partial charge < -0.3 is 19.7 Å². The van der Waals surface area contributed by atoms with Crippen LogP contribution in [0, 0.1) is 11.8 Å². The highest BCUT2D eigenvalue weighted by Crippen LogP contribution is 2.40. The molecule has 1 aromatic rings. The molecule has 0 saturated heterocycles. The number of ether oxygens (including phenoxy) is 2. The Labute approximate surface area is 142 Å². The van der Waals surface area contributed by atoms with Gasteiger partial charge in [-0.15, -0.1) is 0 Å². The normalized spacial score (nSPS) is 20.6. The van der Waals surface area contributed by atoms with Crippen molar-refractivity contribution in [1.29, 1.82) is 0 Å². The summed E-state index contributed by atoms with van der Waals surface area (Å²) in [5.74, 6) is 1.15. The second-order valence-electron chi connectivity index (χ2n) is 6.47. The highest BCUT2D eigenvalue weighted by atomic mass is 16.7. The van der Waals surface area contributed by atoms with Crippen LogP contribution in [0.5, 0.6) is 11.5 Å². The predicted molar refractivity (Wildman–Crippen MR) is 88.6 cm³/mol. The molecule has 0 radical (unpaired) electrons. The van der Waals surface area contributed by atoms with Crippen molar-refractivity contribution in [2.45, 2.75) is 32.7 Å². The van der Waals surface area contributed by atoms with Crippen LogP contribution in [0.15, 0.2) is 18.2 Å². The average Bonchev–Trinajstić information content (AvgIpc) is 3.26. The summed E-state index contributed by atoms with van der Waals surface area (Å²) in [6.45, 7) is 3.53. The molecular weight excluding hydrogens is 308 g/mol. The zero-order valence-electron chi connectivity index (χ0n) is 14.2. The summed E-state index contributed by atoms with van der Waals surface area (Å²) in [7, 11) is 1.82. The van der Waals surface area contributed by atoms with Crippen LogP contribution in [0.1, 0.15) is 31.7 Å². The molecule has 2 unspecified atom stereocenters. The number of rotatable bonds is 7. The van der Waals surface area contributed by atoms with Gasteiger partial charge in [0.25, 0.3) is 0 Å². The standard InChI is InChI=1S/C18H24N2O4/c1-3-4-7-20(2)18(22)14-9-13(14)17(21)19-10-12-5-6-15-16(8-12)24-11-23-15/h5-6,8,13-14H,3-4,7,9-11H2,1-2H3,(H,19,21). The fourth-order valence-corrected chi connectivity index (χ4v) is 2.92. The molecule has 0 aromatic heterocycles. The van der Waals surface area contributed by atoms with Crippen molar-refractivity contribution in [2.24, 2.45) is 11.8 Å². The molecule has 6 heteroatoms. The Morgan fingerprint density at radius 1 is 1.25 bits per heavy atom. The third-order valence-electron chi connectivity index (χ3n) is 4.57. The van der Waals surface area contributed by atoms with E-state index in [-0.39, 0.29) is 30.4 Å². The Morgan fingerprint density at radius 2 is 2.04 bits per heavy atom. The third-order valence-corrected chi connectivity index (χ3v) is 4.57. The first-order valence-electron chi connectivity index (χ1n) is 8.51. The van der Waals surface area contributed by atoms with Crippen molar-refractivity contribution in [3.8, 4) is 11.5 Å². The van der Waals surface area contributed by atoms with Crippen LogP contribution in [0.25, 0.3) is 0 Å². The van der Waals surface area contributed by atoms with E-state index >= 15 is 0 Å². The van der Waals surface area contributed by atoms with Crippen molar-refractivity contribution in [3.05, 3.63) is 23.8 Å². The van der Waals surface area contributed by atoms with Gasteiger partial charge in [0.1, 0.15) is 0 Å². The molecule has 1 heterocycles. The van der Waals surface area contributed by atoms with Crippen LogP contribution in [-0.4, -0.2) is 37.1 Å². The number of nitrogens with zero attached hydrogens (tertiary/aromatic N) is 1. The number of carbonyl (C=O) groups is 2. The molecule has 2 amide bonds. The average molecular weight is 332 g/mol. The van der Waals surface area contributed by atoms with Crippen molar-refractivity contribution >= 4 is 11.8 Å². The minimum atomic E-state index is -0.185. The molecule has 1 saturated carbocycles. The summed E-state index contributed by atoms with van der Waals surface area (Å²) in [6.07, 6.45) is 2.71. The van der Waals surface area contributed by atoms with E-state index in [2.05, 4.69) is 12.2 Å². The highest BCUT2D eigenvalue weighted by molar-refractivity contribution is 5.92. The Balaban J connectivity index is 1.46. The molecule has 1 aliphatic carbocycles. The van der Waals surface area contributed by atoms with E-state index in [1.807, 2.05) is 25.2 Å². The molecule has 1 aromatic carbocycles. The van der Waals surface area contributed by atoms with Crippen LogP contribution < -0.4 is 14.8 Å². The summed E-state index contributed by atoms with van der Waals surface area (Å²) in [4.78, 5) is 26.2. The lowest BCUT2D eigenvalue weighted by atomic mass is 10.2. The summed E-state index contributed by atoms with van der Waals surface area (Å²) in [5, 5.41) is 2.91. The maximum atomic E-state index is 12.2. The maximum absolute atomic E-state index is 12.2. The first-order valence-corrected chi connectivity index (χ1v) is 8.51. The van der Waals surface area contributed by atoms with E-state index in [1.54, 1.807) is 4.90 Å². The fourth-order valence-electron chi connectivity index (χ4n) is 2.92. The van der Waals surface area contributed by atoms with Gasteiger partial charge in [-0.25, -0.2) is 0 Å². The van der Waals surface area contributed by atoms with Crippen molar-refractivity contribution in [2.75, 3.05) is 20.4 Å². The fraction of sp³-hybridized carbons (Fsp3) is 0.556. The summed E-state index contributed by atoms with van der Waals surface area (Å²) in [6, 6.07) is 5.62. The maximum Gasteiger partial charge on any atom is 0.231 e. The van der Waals surface area contributed by atoms with Crippen LogP contribution in [0.4, 0.5) is 0 Å². The lowest BCUT2D eigenvalue weighted by molar-refractivity contribution is -0.133. The Morgan fingerprint density at radius 3 is 2.83 bits per heavy atom. The van der Waals surface area contributed by atoms with Crippen molar-refractivity contribution < 1.29 is 19.1 Å². The summed E-state index contributed by atoms with van der Waals surface area (Å²) in [5.41, 5.74) is 0.955. The van der Waals surface area contributed by atoms with E-state index in [4.69, 9.17) is 9.47 Å². The lowest BCUT2D eigenvalue weighted by Crippen LogP contribution is -2.32. The van der Waals surface area contributed by atoms with Crippen LogP contribution in [0.3, 0.4) is 0 Å². The molecule has 1 aliphatic heterocycles. The van der Waals surface area contributed by atoms with Gasteiger partial charge in [0.15, 0.2) is 11.5 Å². The van der Waals surface area contributed by atoms with Gasteiger partial charge in [-0.3, -0.25) is 9.59 Å². The lowest BCUT2D eigenvalue weighted by Gasteiger charge is -2.16. The zero-order valence-corrected chi connectivity index (χ0v) is 14.2. The summed E-state index contributed by atoms with van der Waals surface area (Å²) >= 11 is 0. The molecular formula is C18H24N2O4. The van der Waals surface area contributed by atoms with Gasteiger partial charge in [-0.05, 0) is 30.5 Å². The van der Waals surface area contributed by atoms with Gasteiger partial charge >= 0.3 is 0 Å². The van der Waals surface area contributed by atoms with Gasteiger partial charge in [-0.2, -0.15) is 0 Å². The third kappa shape index (κ3) is 3.63. The number of nitrogens with one attached hydrogen (secondary N) is 1. The van der Waals surface area contributed by atoms with E-state index in [0.717, 1.165) is 30.7 Å². The molecule has 130 valence electrons. The van der Waals surface area contributed by atoms with E-state index in [1.165, 1.54) is 0 Å². The molecule has 6 nitrogen and oxygen atoms in total. The Hall–Kier alpha value is -2.24. The molecule has 1 N–H and O–H groups in total. The Bertz CT molecular complexity index is 631. The topological polar surface area (TPSA) is 67.9 Å². The van der Waals surface area contributed by atoms with Crippen molar-refractivity contribution in [3.63, 3.8) is 0 Å². The first-order chi connectivity index (χ1) is 11.6. The van der Waals surface area contributed by atoms with Crippen LogP contribution >= 0.6 is 0 Å². The number of fused-ring (bicyclic) bond motifs is 1. The highest BCUT2D eigenvalue weighted by Gasteiger charge is 2.48. The van der Waals surface area contributed by atoms with Gasteiger partial charge in [-0.1, -0.05) is 19.4 Å². The number of hydrogen-bond acceptors (Lipinski definition) is 4.